The lowest BCUT2D eigenvalue weighted by Crippen LogP contribution is -2.71. The van der Waals surface area contributed by atoms with E-state index in [-0.39, 0.29) is 0 Å². The zero-order valence-electron chi connectivity index (χ0n) is 10.5. The summed E-state index contributed by atoms with van der Waals surface area (Å²) in [6.07, 6.45) is 3.31. The molecule has 0 aromatic heterocycles. The minimum atomic E-state index is -0.786. The van der Waals surface area contributed by atoms with Crippen LogP contribution in [0.25, 0.3) is 0 Å². The summed E-state index contributed by atoms with van der Waals surface area (Å²) in [4.78, 5) is 23.7. The number of hydrogen-bond donors (Lipinski definition) is 0. The van der Waals surface area contributed by atoms with Gasteiger partial charge in [0.15, 0.2) is 11.7 Å². The lowest BCUT2D eigenvalue weighted by Gasteiger charge is -2.59. The Balaban J connectivity index is 2.25. The summed E-state index contributed by atoms with van der Waals surface area (Å²) in [7, 11) is 2.65. The van der Waals surface area contributed by atoms with E-state index in [0.29, 0.717) is 4.39 Å². The number of nitrogens with zero attached hydrogens (tertiary/aromatic N) is 1. The maximum atomic E-state index is 11.9. The number of fused-ring (bicyclic) bond motifs is 3. The Morgan fingerprint density at radius 1 is 1.00 bits per heavy atom. The molecule has 3 saturated heterocycles. The highest BCUT2D eigenvalue weighted by atomic mass is 16.5. The molecule has 17 heavy (non-hydrogen) atoms. The number of ether oxygens (including phenoxy) is 2. The van der Waals surface area contributed by atoms with Gasteiger partial charge in [0.25, 0.3) is 0 Å². The van der Waals surface area contributed by atoms with Gasteiger partial charge in [-0.15, -0.1) is 0 Å². The van der Waals surface area contributed by atoms with Crippen LogP contribution in [0.5, 0.6) is 0 Å². The zero-order valence-corrected chi connectivity index (χ0v) is 10.5. The smallest absolute Gasteiger partial charge is 0.372 e. The Hall–Kier alpha value is -1.04. The van der Waals surface area contributed by atoms with Crippen LogP contribution < -0.4 is 0 Å². The van der Waals surface area contributed by atoms with Gasteiger partial charge in [0.05, 0.1) is 14.2 Å². The fourth-order valence-electron chi connectivity index (χ4n) is 3.24. The standard InChI is InChI=1S/C11H19BNO4/c1-16-10(14)12(11(15)17-2)13-6-3-9(4-7-13)5-8-13/h9H,3-8H2,1-2H3. The van der Waals surface area contributed by atoms with Gasteiger partial charge in [-0.1, -0.05) is 0 Å². The van der Waals surface area contributed by atoms with E-state index in [0.717, 1.165) is 44.8 Å². The molecule has 6 heteroatoms. The first kappa shape index (κ1) is 12.4. The molecule has 0 N–H and O–H groups in total. The summed E-state index contributed by atoms with van der Waals surface area (Å²) in [6.45, 7) is 1.88. The zero-order chi connectivity index (χ0) is 12.5. The van der Waals surface area contributed by atoms with E-state index in [4.69, 9.17) is 9.47 Å². The van der Waals surface area contributed by atoms with E-state index >= 15 is 0 Å². The number of quaternary nitrogens is 1. The molecule has 0 aliphatic carbocycles. The van der Waals surface area contributed by atoms with Gasteiger partial charge < -0.3 is 13.9 Å². The van der Waals surface area contributed by atoms with E-state index in [2.05, 4.69) is 0 Å². The molecule has 5 nitrogen and oxygen atoms in total. The van der Waals surface area contributed by atoms with Crippen LogP contribution in [0.4, 0.5) is 9.59 Å². The average molecular weight is 240 g/mol. The first-order chi connectivity index (χ1) is 8.13. The van der Waals surface area contributed by atoms with E-state index in [9.17, 15) is 9.59 Å². The number of carbonyl (C=O) groups is 2. The Bertz CT molecular complexity index is 296. The van der Waals surface area contributed by atoms with Crippen LogP contribution >= 0.6 is 0 Å². The number of methoxy groups -OCH3 is 2. The molecule has 0 atom stereocenters. The highest BCUT2D eigenvalue weighted by molar-refractivity contribution is 7.04. The van der Waals surface area contributed by atoms with Crippen molar-refractivity contribution >= 4 is 18.6 Å². The first-order valence-electron chi connectivity index (χ1n) is 6.14. The molecule has 1 radical (unpaired) electrons. The minimum absolute atomic E-state index is 0.461. The van der Waals surface area contributed by atoms with Crippen LogP contribution in [0.15, 0.2) is 0 Å². The molecule has 3 aliphatic heterocycles. The summed E-state index contributed by atoms with van der Waals surface area (Å²) >= 11 is 0. The summed E-state index contributed by atoms with van der Waals surface area (Å²) in [5.74, 6) is -0.139. The summed E-state index contributed by atoms with van der Waals surface area (Å²) in [5, 5.41) is 0. The van der Waals surface area contributed by atoms with Crippen LogP contribution in [-0.4, -0.2) is 56.8 Å². The summed E-state index contributed by atoms with van der Waals surface area (Å²) < 4.78 is 10.1. The van der Waals surface area contributed by atoms with Crippen molar-refractivity contribution < 1.29 is 23.5 Å². The van der Waals surface area contributed by atoms with E-state index in [1.807, 2.05) is 0 Å². The fraction of sp³-hybridized carbons (Fsp3) is 0.818. The molecular weight excluding hydrogens is 221 g/mol. The average Bonchev–Trinajstić information content (AvgIpc) is 2.40. The first-order valence-corrected chi connectivity index (χ1v) is 6.14. The van der Waals surface area contributed by atoms with Gasteiger partial charge in [-0.2, -0.15) is 0 Å². The Kier molecular flexibility index (Phi) is 3.42. The molecule has 95 valence electrons. The monoisotopic (exact) mass is 240 g/mol. The van der Waals surface area contributed by atoms with E-state index in [1.54, 1.807) is 0 Å². The maximum absolute atomic E-state index is 11.9. The van der Waals surface area contributed by atoms with Crippen LogP contribution in [0.2, 0.25) is 0 Å². The lowest BCUT2D eigenvalue weighted by molar-refractivity contribution is -0.842. The SMILES string of the molecule is COC(=O)[B-](C(=O)OC)[N+]12CCC(CC1)CC2. The Morgan fingerprint density at radius 3 is 1.76 bits per heavy atom. The lowest BCUT2D eigenvalue weighted by atomic mass is 9.54. The Labute approximate surface area is 102 Å². The summed E-state index contributed by atoms with van der Waals surface area (Å²) in [6, 6.07) is 0. The molecule has 2 bridgehead atoms. The molecule has 0 saturated carbocycles. The highest BCUT2D eigenvalue weighted by Crippen LogP contribution is 2.35. The predicted octanol–water partition coefficient (Wildman–Crippen LogP) is 1.30. The number of carbonyl (C=O) groups excluding carboxylic acids is 2. The van der Waals surface area contributed by atoms with Crippen LogP contribution in [0, 0.1) is 5.92 Å². The van der Waals surface area contributed by atoms with Crippen molar-refractivity contribution in [3.05, 3.63) is 0 Å². The predicted molar refractivity (Wildman–Crippen MR) is 62.8 cm³/mol. The maximum Gasteiger partial charge on any atom is 0.372 e. The molecular formula is C11H19BNO4. The van der Waals surface area contributed by atoms with Gasteiger partial charge >= 0.3 is 6.85 Å². The molecule has 0 amide bonds. The largest absolute Gasteiger partial charge is 0.519 e. The molecule has 3 fully saturated rings. The van der Waals surface area contributed by atoms with Gasteiger partial charge in [-0.25, -0.2) is 0 Å². The number of hydrogen-bond acceptors (Lipinski definition) is 4. The van der Waals surface area contributed by atoms with Crippen molar-refractivity contribution in [3.63, 3.8) is 0 Å². The molecule has 0 unspecified atom stereocenters. The minimum Gasteiger partial charge on any atom is -0.519 e. The van der Waals surface area contributed by atoms with Crippen molar-refractivity contribution in [3.8, 4) is 0 Å². The van der Waals surface area contributed by atoms with Crippen molar-refractivity contribution in [1.82, 2.24) is 0 Å². The van der Waals surface area contributed by atoms with Crippen molar-refractivity contribution in [2.75, 3.05) is 33.9 Å². The van der Waals surface area contributed by atoms with Gasteiger partial charge in [0.1, 0.15) is 0 Å². The summed E-state index contributed by atoms with van der Waals surface area (Å²) in [5.41, 5.74) is 0. The second-order valence-electron chi connectivity index (χ2n) is 5.07. The normalized spacial score (nSPS) is 31.4. The van der Waals surface area contributed by atoms with Crippen LogP contribution in [0.3, 0.4) is 0 Å². The highest BCUT2D eigenvalue weighted by Gasteiger charge is 2.46. The molecule has 0 aromatic carbocycles. The quantitative estimate of drug-likeness (QED) is 0.698. The molecule has 3 heterocycles. The van der Waals surface area contributed by atoms with Crippen LogP contribution in [-0.2, 0) is 9.47 Å². The van der Waals surface area contributed by atoms with E-state index in [1.165, 1.54) is 14.2 Å². The van der Waals surface area contributed by atoms with Gasteiger partial charge in [-0.3, -0.25) is 9.59 Å². The fourth-order valence-corrected chi connectivity index (χ4v) is 3.24. The van der Waals surface area contributed by atoms with E-state index < -0.39 is 18.6 Å². The third-order valence-electron chi connectivity index (χ3n) is 4.34. The van der Waals surface area contributed by atoms with Crippen LogP contribution in [0.1, 0.15) is 19.3 Å². The third-order valence-corrected chi connectivity index (χ3v) is 4.34. The number of rotatable bonds is 3. The molecule has 0 spiro atoms. The molecule has 3 aliphatic rings. The van der Waals surface area contributed by atoms with Gasteiger partial charge in [0.2, 0.25) is 0 Å². The van der Waals surface area contributed by atoms with Gasteiger partial charge in [-0.05, 0) is 25.2 Å². The third kappa shape index (κ3) is 2.06. The van der Waals surface area contributed by atoms with Crippen molar-refractivity contribution in [2.45, 2.75) is 19.3 Å². The second kappa shape index (κ2) is 4.68. The number of piperidine rings is 3. The van der Waals surface area contributed by atoms with Crippen molar-refractivity contribution in [2.24, 2.45) is 5.92 Å². The topological polar surface area (TPSA) is 52.6 Å². The second-order valence-corrected chi connectivity index (χ2v) is 5.07. The van der Waals surface area contributed by atoms with Crippen molar-refractivity contribution in [1.29, 1.82) is 0 Å². The molecule has 0 aromatic rings. The van der Waals surface area contributed by atoms with Gasteiger partial charge in [0, 0.05) is 19.6 Å². The molecule has 3 rings (SSSR count). The Morgan fingerprint density at radius 2 is 1.41 bits per heavy atom.